The van der Waals surface area contributed by atoms with Gasteiger partial charge in [-0.15, -0.1) is 0 Å². The predicted molar refractivity (Wildman–Crippen MR) is 82.6 cm³/mol. The van der Waals surface area contributed by atoms with Crippen molar-refractivity contribution in [2.24, 2.45) is 0 Å². The zero-order valence-corrected chi connectivity index (χ0v) is 11.7. The number of para-hydroxylation sites is 1. The van der Waals surface area contributed by atoms with Crippen LogP contribution in [0.5, 0.6) is 0 Å². The maximum Gasteiger partial charge on any atom is 0.134 e. The summed E-state index contributed by atoms with van der Waals surface area (Å²) in [4.78, 5) is 2.17. The Morgan fingerprint density at radius 1 is 1.05 bits per heavy atom. The first-order valence-electron chi connectivity index (χ1n) is 6.65. The van der Waals surface area contributed by atoms with Gasteiger partial charge in [0.2, 0.25) is 0 Å². The summed E-state index contributed by atoms with van der Waals surface area (Å²) in [6, 6.07) is 16.3. The van der Waals surface area contributed by atoms with Crippen molar-refractivity contribution >= 4 is 16.7 Å². The molecular formula is C17H18N2O. The first-order chi connectivity index (χ1) is 9.66. The smallest absolute Gasteiger partial charge is 0.134 e. The Bertz CT molecular complexity index is 730. The van der Waals surface area contributed by atoms with Gasteiger partial charge in [0.25, 0.3) is 0 Å². The van der Waals surface area contributed by atoms with Crippen molar-refractivity contribution in [2.75, 3.05) is 19.8 Å². The fourth-order valence-corrected chi connectivity index (χ4v) is 2.70. The lowest BCUT2D eigenvalue weighted by atomic mass is 9.97. The van der Waals surface area contributed by atoms with Gasteiger partial charge in [-0.3, -0.25) is 4.90 Å². The van der Waals surface area contributed by atoms with Gasteiger partial charge in [-0.2, -0.15) is 0 Å². The van der Waals surface area contributed by atoms with E-state index in [1.165, 1.54) is 5.56 Å². The zero-order chi connectivity index (χ0) is 14.1. The van der Waals surface area contributed by atoms with E-state index < -0.39 is 0 Å². The molecule has 1 aromatic heterocycles. The Labute approximate surface area is 118 Å². The van der Waals surface area contributed by atoms with E-state index in [1.807, 2.05) is 42.7 Å². The molecule has 102 valence electrons. The number of anilines is 1. The maximum atomic E-state index is 5.92. The fraction of sp³-hybridized carbons (Fsp3) is 0.176. The number of hydrogen-bond acceptors (Lipinski definition) is 3. The number of fused-ring (bicyclic) bond motifs is 1. The normalized spacial score (nSPS) is 12.9. The molecule has 0 radical (unpaired) electrons. The monoisotopic (exact) mass is 266 g/mol. The van der Waals surface area contributed by atoms with Crippen molar-refractivity contribution in [3.05, 3.63) is 65.9 Å². The van der Waals surface area contributed by atoms with Crippen LogP contribution in [0.25, 0.3) is 11.0 Å². The van der Waals surface area contributed by atoms with Gasteiger partial charge in [0.1, 0.15) is 5.58 Å². The number of nitrogens with two attached hydrogens (primary N) is 1. The van der Waals surface area contributed by atoms with Crippen molar-refractivity contribution in [3.63, 3.8) is 0 Å². The summed E-state index contributed by atoms with van der Waals surface area (Å²) in [7, 11) is 4.13. The summed E-state index contributed by atoms with van der Waals surface area (Å²) >= 11 is 0. The third-order valence-corrected chi connectivity index (χ3v) is 3.55. The average Bonchev–Trinajstić information content (AvgIpc) is 2.83. The molecule has 0 bridgehead atoms. The number of furan rings is 1. The molecule has 2 aromatic carbocycles. The molecule has 3 rings (SSSR count). The summed E-state index contributed by atoms with van der Waals surface area (Å²) in [5.74, 6) is 0. The van der Waals surface area contributed by atoms with E-state index >= 15 is 0 Å². The van der Waals surface area contributed by atoms with E-state index in [0.29, 0.717) is 0 Å². The molecule has 0 fully saturated rings. The number of rotatable bonds is 3. The van der Waals surface area contributed by atoms with Crippen molar-refractivity contribution < 1.29 is 4.42 Å². The predicted octanol–water partition coefficient (Wildman–Crippen LogP) is 3.67. The quantitative estimate of drug-likeness (QED) is 0.735. The Morgan fingerprint density at radius 2 is 1.85 bits per heavy atom. The van der Waals surface area contributed by atoms with Crippen LogP contribution in [0.15, 0.2) is 59.2 Å². The molecule has 20 heavy (non-hydrogen) atoms. The van der Waals surface area contributed by atoms with Crippen molar-refractivity contribution in [3.8, 4) is 0 Å². The highest BCUT2D eigenvalue weighted by molar-refractivity contribution is 5.82. The highest BCUT2D eigenvalue weighted by Crippen LogP contribution is 2.34. The number of nitrogen functional groups attached to an aromatic ring is 1. The van der Waals surface area contributed by atoms with Crippen molar-refractivity contribution in [2.45, 2.75) is 6.04 Å². The van der Waals surface area contributed by atoms with E-state index in [0.717, 1.165) is 22.2 Å². The van der Waals surface area contributed by atoms with Gasteiger partial charge in [-0.1, -0.05) is 30.3 Å². The third kappa shape index (κ3) is 2.17. The van der Waals surface area contributed by atoms with Crippen LogP contribution in [-0.4, -0.2) is 19.0 Å². The summed E-state index contributed by atoms with van der Waals surface area (Å²) in [5, 5.41) is 1.15. The molecule has 0 spiro atoms. The van der Waals surface area contributed by atoms with Crippen LogP contribution in [0.2, 0.25) is 0 Å². The summed E-state index contributed by atoms with van der Waals surface area (Å²) in [5.41, 5.74) is 9.95. The molecule has 0 aliphatic carbocycles. The van der Waals surface area contributed by atoms with Gasteiger partial charge >= 0.3 is 0 Å². The van der Waals surface area contributed by atoms with Crippen LogP contribution in [0.1, 0.15) is 17.2 Å². The minimum atomic E-state index is 0.127. The van der Waals surface area contributed by atoms with Gasteiger partial charge in [0.15, 0.2) is 0 Å². The lowest BCUT2D eigenvalue weighted by Crippen LogP contribution is -2.20. The first-order valence-corrected chi connectivity index (χ1v) is 6.65. The molecule has 1 heterocycles. The average molecular weight is 266 g/mol. The van der Waals surface area contributed by atoms with Crippen LogP contribution in [0, 0.1) is 0 Å². The second-order valence-corrected chi connectivity index (χ2v) is 5.22. The van der Waals surface area contributed by atoms with Crippen molar-refractivity contribution in [1.29, 1.82) is 0 Å². The molecule has 1 unspecified atom stereocenters. The van der Waals surface area contributed by atoms with Gasteiger partial charge in [0.05, 0.1) is 12.3 Å². The molecule has 2 N–H and O–H groups in total. The van der Waals surface area contributed by atoms with Crippen LogP contribution in [0.4, 0.5) is 5.69 Å². The molecule has 0 saturated carbocycles. The van der Waals surface area contributed by atoms with Crippen molar-refractivity contribution in [1.82, 2.24) is 4.90 Å². The second-order valence-electron chi connectivity index (χ2n) is 5.22. The lowest BCUT2D eigenvalue weighted by molar-refractivity contribution is 0.341. The van der Waals surface area contributed by atoms with E-state index in [2.05, 4.69) is 31.1 Å². The summed E-state index contributed by atoms with van der Waals surface area (Å²) in [6.45, 7) is 0. The molecule has 1 atom stereocenters. The fourth-order valence-electron chi connectivity index (χ4n) is 2.70. The molecule has 0 amide bonds. The highest BCUT2D eigenvalue weighted by Gasteiger charge is 2.21. The maximum absolute atomic E-state index is 5.92. The highest BCUT2D eigenvalue weighted by atomic mass is 16.3. The van der Waals surface area contributed by atoms with Gasteiger partial charge in [0, 0.05) is 16.6 Å². The molecule has 0 saturated heterocycles. The van der Waals surface area contributed by atoms with Gasteiger partial charge < -0.3 is 10.2 Å². The molecule has 3 aromatic rings. The van der Waals surface area contributed by atoms with Gasteiger partial charge in [-0.05, 0) is 37.9 Å². The standard InChI is InChI=1S/C17H18N2O/c1-19(2)17(12-6-5-7-13(18)10-12)15-11-20-16-9-4-3-8-14(15)16/h3-11,17H,18H2,1-2H3. The third-order valence-electron chi connectivity index (χ3n) is 3.55. The molecule has 0 aliphatic rings. The van der Waals surface area contributed by atoms with Gasteiger partial charge in [-0.25, -0.2) is 0 Å². The Morgan fingerprint density at radius 3 is 2.60 bits per heavy atom. The number of hydrogen-bond donors (Lipinski definition) is 1. The Kier molecular flexibility index (Phi) is 3.20. The minimum absolute atomic E-state index is 0.127. The van der Waals surface area contributed by atoms with Crippen LogP contribution in [-0.2, 0) is 0 Å². The van der Waals surface area contributed by atoms with Crippen LogP contribution >= 0.6 is 0 Å². The second kappa shape index (κ2) is 5.02. The van der Waals surface area contributed by atoms with E-state index in [4.69, 9.17) is 10.2 Å². The Hall–Kier alpha value is -2.26. The first kappa shape index (κ1) is 12.8. The van der Waals surface area contributed by atoms with E-state index in [9.17, 15) is 0 Å². The van der Waals surface area contributed by atoms with E-state index in [-0.39, 0.29) is 6.04 Å². The minimum Gasteiger partial charge on any atom is -0.464 e. The molecular weight excluding hydrogens is 248 g/mol. The lowest BCUT2D eigenvalue weighted by Gasteiger charge is -2.24. The zero-order valence-electron chi connectivity index (χ0n) is 11.7. The number of nitrogens with zero attached hydrogens (tertiary/aromatic N) is 1. The largest absolute Gasteiger partial charge is 0.464 e. The number of benzene rings is 2. The SMILES string of the molecule is CN(C)C(c1cccc(N)c1)c1coc2ccccc12. The molecule has 0 aliphatic heterocycles. The van der Waals surface area contributed by atoms with E-state index in [1.54, 1.807) is 0 Å². The topological polar surface area (TPSA) is 42.4 Å². The van der Waals surface area contributed by atoms with Crippen LogP contribution < -0.4 is 5.73 Å². The molecule has 3 nitrogen and oxygen atoms in total. The Balaban J connectivity index is 2.16. The van der Waals surface area contributed by atoms with Crippen LogP contribution in [0.3, 0.4) is 0 Å². The summed E-state index contributed by atoms with van der Waals surface area (Å²) in [6.07, 6.45) is 1.85. The summed E-state index contributed by atoms with van der Waals surface area (Å²) < 4.78 is 5.67. The molecule has 3 heteroatoms.